The van der Waals surface area contributed by atoms with Gasteiger partial charge in [0.05, 0.1) is 12.0 Å². The maximum atomic E-state index is 14.0. The van der Waals surface area contributed by atoms with Crippen LogP contribution in [0.5, 0.6) is 0 Å². The van der Waals surface area contributed by atoms with Gasteiger partial charge in [-0.05, 0) is 27.0 Å². The van der Waals surface area contributed by atoms with Crippen molar-refractivity contribution in [3.05, 3.63) is 0 Å². The summed E-state index contributed by atoms with van der Waals surface area (Å²) in [7, 11) is 0. The van der Waals surface area contributed by atoms with Gasteiger partial charge in [0.2, 0.25) is 0 Å². The zero-order valence-electron chi connectivity index (χ0n) is 11.7. The molecule has 0 aromatic carbocycles. The van der Waals surface area contributed by atoms with E-state index in [-0.39, 0.29) is 19.6 Å². The molecule has 0 unspecified atom stereocenters. The van der Waals surface area contributed by atoms with Crippen LogP contribution in [0, 0.1) is 5.41 Å². The highest BCUT2D eigenvalue weighted by Crippen LogP contribution is 2.51. The minimum absolute atomic E-state index is 0.0754. The Hall–Kier alpha value is -0.560. The highest BCUT2D eigenvalue weighted by Gasteiger charge is 2.66. The summed E-state index contributed by atoms with van der Waals surface area (Å²) in [6.45, 7) is 5.52. The predicted molar refractivity (Wildman–Crippen MR) is 70.3 cm³/mol. The number of alkyl halides is 2. The minimum atomic E-state index is -2.74. The normalized spacial score (nSPS) is 25.5. The first-order chi connectivity index (χ1) is 8.59. The number of halogens is 2. The van der Waals surface area contributed by atoms with E-state index in [1.54, 1.807) is 31.3 Å². The molecule has 2 aliphatic heterocycles. The zero-order valence-corrected chi connectivity index (χ0v) is 12.5. The second-order valence-corrected chi connectivity index (χ2v) is 7.18. The molecule has 19 heavy (non-hydrogen) atoms. The first-order valence-corrected chi connectivity index (χ1v) is 7.42. The first kappa shape index (κ1) is 14.8. The van der Waals surface area contributed by atoms with Crippen molar-refractivity contribution in [2.24, 2.45) is 5.41 Å². The Morgan fingerprint density at radius 2 is 1.79 bits per heavy atom. The predicted octanol–water partition coefficient (Wildman–Crippen LogP) is 2.45. The topological polar surface area (TPSA) is 32.8 Å². The summed E-state index contributed by atoms with van der Waals surface area (Å²) < 4.78 is 34.9. The van der Waals surface area contributed by atoms with E-state index >= 15 is 0 Å². The monoisotopic (exact) mass is 294 g/mol. The first-order valence-electron chi connectivity index (χ1n) is 6.23. The Morgan fingerprint density at radius 3 is 2.21 bits per heavy atom. The summed E-state index contributed by atoms with van der Waals surface area (Å²) in [6.07, 6.45) is 1.29. The van der Waals surface area contributed by atoms with Crippen LogP contribution in [0.2, 0.25) is 0 Å². The van der Waals surface area contributed by atoms with Gasteiger partial charge >= 0.3 is 6.09 Å². The van der Waals surface area contributed by atoms with Crippen molar-refractivity contribution in [3.63, 3.8) is 0 Å². The number of ether oxygens (including phenoxy) is 1. The molecule has 110 valence electrons. The number of carbonyl (C=O) groups is 1. The van der Waals surface area contributed by atoms with Gasteiger partial charge in [0, 0.05) is 19.6 Å². The van der Waals surface area contributed by atoms with Gasteiger partial charge in [0.25, 0.3) is 5.92 Å². The molecule has 0 atom stereocenters. The maximum absolute atomic E-state index is 14.0. The van der Waals surface area contributed by atoms with E-state index in [1.807, 2.05) is 0 Å². The number of carbonyl (C=O) groups excluding carboxylic acids is 1. The van der Waals surface area contributed by atoms with E-state index in [9.17, 15) is 13.6 Å². The van der Waals surface area contributed by atoms with Crippen molar-refractivity contribution < 1.29 is 18.3 Å². The van der Waals surface area contributed by atoms with Gasteiger partial charge in [-0.1, -0.05) is 11.9 Å². The number of likely N-dealkylation sites (tertiary alicyclic amines) is 1. The van der Waals surface area contributed by atoms with E-state index in [2.05, 4.69) is 0 Å². The average molecular weight is 294 g/mol. The van der Waals surface area contributed by atoms with Crippen molar-refractivity contribution >= 4 is 18.0 Å². The Balaban J connectivity index is 1.97. The highest BCUT2D eigenvalue weighted by molar-refractivity contribution is 7.96. The fourth-order valence-electron chi connectivity index (χ4n) is 2.50. The molecule has 4 nitrogen and oxygen atoms in total. The van der Waals surface area contributed by atoms with Gasteiger partial charge in [-0.2, -0.15) is 0 Å². The molecule has 0 saturated carbocycles. The molecule has 2 heterocycles. The Kier molecular flexibility index (Phi) is 3.50. The summed E-state index contributed by atoms with van der Waals surface area (Å²) in [4.78, 5) is 13.1. The molecular weight excluding hydrogens is 274 g/mol. The van der Waals surface area contributed by atoms with Crippen LogP contribution >= 0.6 is 11.9 Å². The van der Waals surface area contributed by atoms with E-state index in [0.717, 1.165) is 0 Å². The van der Waals surface area contributed by atoms with Gasteiger partial charge in [-0.25, -0.2) is 17.9 Å². The Labute approximate surface area is 116 Å². The molecular formula is C12H20F2N2O2S. The number of nitrogens with zero attached hydrogens (tertiary/aromatic N) is 2. The third-order valence-corrected chi connectivity index (χ3v) is 4.30. The molecule has 0 aromatic rings. The van der Waals surface area contributed by atoms with E-state index in [1.165, 1.54) is 16.8 Å². The Morgan fingerprint density at radius 1 is 1.21 bits per heavy atom. The maximum Gasteiger partial charge on any atom is 0.410 e. The fraction of sp³-hybridized carbons (Fsp3) is 0.917. The molecule has 1 amide bonds. The molecule has 0 radical (unpaired) electrons. The number of hydrogen-bond acceptors (Lipinski definition) is 4. The van der Waals surface area contributed by atoms with Gasteiger partial charge in [0.15, 0.2) is 0 Å². The lowest BCUT2D eigenvalue weighted by Crippen LogP contribution is -2.66. The van der Waals surface area contributed by atoms with Gasteiger partial charge < -0.3 is 9.64 Å². The lowest BCUT2D eigenvalue weighted by Gasteiger charge is -2.49. The third-order valence-electron chi connectivity index (χ3n) is 3.53. The smallest absolute Gasteiger partial charge is 0.410 e. The lowest BCUT2D eigenvalue weighted by atomic mass is 9.76. The number of rotatable bonds is 1. The second-order valence-electron chi connectivity index (χ2n) is 6.30. The fourth-order valence-corrected chi connectivity index (χ4v) is 3.17. The largest absolute Gasteiger partial charge is 0.444 e. The van der Waals surface area contributed by atoms with Crippen LogP contribution in [0.15, 0.2) is 0 Å². The molecule has 2 saturated heterocycles. The van der Waals surface area contributed by atoms with Crippen molar-refractivity contribution in [3.8, 4) is 0 Å². The van der Waals surface area contributed by atoms with Crippen LogP contribution in [-0.2, 0) is 4.74 Å². The summed E-state index contributed by atoms with van der Waals surface area (Å²) in [5.41, 5.74) is -1.68. The molecule has 0 aromatic heterocycles. The molecule has 2 aliphatic rings. The van der Waals surface area contributed by atoms with Crippen LogP contribution in [0.3, 0.4) is 0 Å². The molecule has 2 fully saturated rings. The zero-order chi connectivity index (χ0) is 14.5. The molecule has 2 rings (SSSR count). The molecule has 1 spiro atoms. The molecule has 7 heteroatoms. The highest BCUT2D eigenvalue weighted by atomic mass is 32.2. The number of amides is 1. The molecule has 0 aliphatic carbocycles. The summed E-state index contributed by atoms with van der Waals surface area (Å²) in [6, 6.07) is 0. The summed E-state index contributed by atoms with van der Waals surface area (Å²) in [5, 5.41) is 0. The SMILES string of the molecule is CSN1CC(F)(F)C2(C1)CN(C(=O)OC(C)(C)C)C2. The van der Waals surface area contributed by atoms with Crippen LogP contribution in [-0.4, -0.2) is 59.3 Å². The van der Waals surface area contributed by atoms with Gasteiger partial charge in [0.1, 0.15) is 5.60 Å². The summed E-state index contributed by atoms with van der Waals surface area (Å²) >= 11 is 1.32. The average Bonchev–Trinajstić information content (AvgIpc) is 2.44. The van der Waals surface area contributed by atoms with Crippen molar-refractivity contribution in [2.45, 2.75) is 32.3 Å². The third kappa shape index (κ3) is 2.67. The van der Waals surface area contributed by atoms with Crippen molar-refractivity contribution in [1.82, 2.24) is 9.21 Å². The van der Waals surface area contributed by atoms with E-state index < -0.39 is 23.0 Å². The van der Waals surface area contributed by atoms with Gasteiger partial charge in [-0.15, -0.1) is 0 Å². The van der Waals surface area contributed by atoms with E-state index in [0.29, 0.717) is 6.54 Å². The quantitative estimate of drug-likeness (QED) is 0.696. The molecule has 0 bridgehead atoms. The van der Waals surface area contributed by atoms with Crippen molar-refractivity contribution in [1.29, 1.82) is 0 Å². The minimum Gasteiger partial charge on any atom is -0.444 e. The summed E-state index contributed by atoms with van der Waals surface area (Å²) in [5.74, 6) is -2.74. The molecule has 0 N–H and O–H groups in total. The second kappa shape index (κ2) is 4.48. The van der Waals surface area contributed by atoms with Gasteiger partial charge in [-0.3, -0.25) is 0 Å². The van der Waals surface area contributed by atoms with Crippen LogP contribution in [0.4, 0.5) is 13.6 Å². The number of hydrogen-bond donors (Lipinski definition) is 0. The Bertz CT molecular complexity index is 378. The van der Waals surface area contributed by atoms with Crippen LogP contribution < -0.4 is 0 Å². The standard InChI is InChI=1S/C12H20F2N2O2S/c1-10(2,3)18-9(17)15-5-11(6-15)7-16(19-4)8-12(11,13)14/h5-8H2,1-4H3. The van der Waals surface area contributed by atoms with E-state index in [4.69, 9.17) is 4.74 Å². The lowest BCUT2D eigenvalue weighted by molar-refractivity contribution is -0.151. The van der Waals surface area contributed by atoms with Crippen molar-refractivity contribution in [2.75, 3.05) is 32.4 Å². The van der Waals surface area contributed by atoms with Crippen LogP contribution in [0.1, 0.15) is 20.8 Å². The van der Waals surface area contributed by atoms with Crippen LogP contribution in [0.25, 0.3) is 0 Å².